The Balaban J connectivity index is 1.70. The SMILES string of the molecule is CCCCCCCCC1(CCCCCCCC)c2cc(C)ccc2-c2ccc(-c3cncc(C)c3)cc21. The van der Waals surface area contributed by atoms with Crippen LogP contribution in [0.1, 0.15) is 126 Å². The van der Waals surface area contributed by atoms with E-state index >= 15 is 0 Å². The molecule has 0 atom stereocenters. The van der Waals surface area contributed by atoms with Gasteiger partial charge in [0.25, 0.3) is 0 Å². The number of benzene rings is 2. The molecule has 0 amide bonds. The molecule has 0 N–H and O–H groups in total. The van der Waals surface area contributed by atoms with Crippen LogP contribution in [0.2, 0.25) is 0 Å². The molecule has 0 bridgehead atoms. The van der Waals surface area contributed by atoms with Crippen LogP contribution in [0.5, 0.6) is 0 Å². The van der Waals surface area contributed by atoms with Gasteiger partial charge >= 0.3 is 0 Å². The summed E-state index contributed by atoms with van der Waals surface area (Å²) < 4.78 is 0. The van der Waals surface area contributed by atoms with E-state index in [-0.39, 0.29) is 5.41 Å². The standard InChI is InChI=1S/C36H49N/c1-5-7-9-11-13-15-21-36(22-16-14-12-10-8-6-2)34-24-28(3)17-19-32(34)33-20-18-30(25-35(33)36)31-23-29(4)26-37-27-31/h17-20,23-27H,5-16,21-22H2,1-4H3. The second-order valence-electron chi connectivity index (χ2n) is 11.7. The molecule has 0 saturated carbocycles. The van der Waals surface area contributed by atoms with Gasteiger partial charge in [0.05, 0.1) is 0 Å². The quantitative estimate of drug-likeness (QED) is 0.191. The molecule has 0 fully saturated rings. The van der Waals surface area contributed by atoms with Gasteiger partial charge in [-0.25, -0.2) is 0 Å². The fourth-order valence-electron chi connectivity index (χ4n) is 6.58. The summed E-state index contributed by atoms with van der Waals surface area (Å²) in [6, 6.07) is 16.8. The first-order chi connectivity index (χ1) is 18.1. The van der Waals surface area contributed by atoms with E-state index in [0.29, 0.717) is 0 Å². The highest BCUT2D eigenvalue weighted by atomic mass is 14.6. The number of aromatic nitrogens is 1. The van der Waals surface area contributed by atoms with Crippen molar-refractivity contribution in [2.45, 2.75) is 123 Å². The minimum absolute atomic E-state index is 0.138. The average molecular weight is 496 g/mol. The highest BCUT2D eigenvalue weighted by Gasteiger charge is 2.42. The van der Waals surface area contributed by atoms with Crippen LogP contribution < -0.4 is 0 Å². The molecular weight excluding hydrogens is 446 g/mol. The summed E-state index contributed by atoms with van der Waals surface area (Å²) in [7, 11) is 0. The lowest BCUT2D eigenvalue weighted by molar-refractivity contribution is 0.398. The summed E-state index contributed by atoms with van der Waals surface area (Å²) in [4.78, 5) is 4.51. The molecule has 37 heavy (non-hydrogen) atoms. The van der Waals surface area contributed by atoms with Gasteiger partial charge in [-0.1, -0.05) is 127 Å². The number of hydrogen-bond donors (Lipinski definition) is 0. The van der Waals surface area contributed by atoms with Gasteiger partial charge in [-0.3, -0.25) is 4.98 Å². The summed E-state index contributed by atoms with van der Waals surface area (Å²) in [5.41, 5.74) is 11.4. The number of aryl methyl sites for hydroxylation is 2. The molecule has 1 heteroatoms. The number of fused-ring (bicyclic) bond motifs is 3. The van der Waals surface area contributed by atoms with E-state index in [1.807, 2.05) is 12.4 Å². The van der Waals surface area contributed by atoms with Gasteiger partial charge in [0.15, 0.2) is 0 Å². The first-order valence-corrected chi connectivity index (χ1v) is 15.3. The van der Waals surface area contributed by atoms with Crippen LogP contribution >= 0.6 is 0 Å². The smallest absolute Gasteiger partial charge is 0.0346 e. The minimum atomic E-state index is 0.138. The van der Waals surface area contributed by atoms with Crippen LogP contribution in [0.25, 0.3) is 22.3 Å². The number of hydrogen-bond acceptors (Lipinski definition) is 1. The molecule has 198 valence electrons. The third-order valence-electron chi connectivity index (χ3n) is 8.64. The van der Waals surface area contributed by atoms with Crippen molar-refractivity contribution in [3.63, 3.8) is 0 Å². The lowest BCUT2D eigenvalue weighted by Gasteiger charge is -2.33. The maximum Gasteiger partial charge on any atom is 0.0346 e. The van der Waals surface area contributed by atoms with Crippen molar-refractivity contribution in [1.82, 2.24) is 4.98 Å². The lowest BCUT2D eigenvalue weighted by atomic mass is 9.70. The summed E-state index contributed by atoms with van der Waals surface area (Å²) >= 11 is 0. The van der Waals surface area contributed by atoms with E-state index in [9.17, 15) is 0 Å². The fourth-order valence-corrected chi connectivity index (χ4v) is 6.58. The second-order valence-corrected chi connectivity index (χ2v) is 11.7. The van der Waals surface area contributed by atoms with Gasteiger partial charge in [0.1, 0.15) is 0 Å². The maximum absolute atomic E-state index is 4.51. The molecule has 0 saturated heterocycles. The van der Waals surface area contributed by atoms with E-state index < -0.39 is 0 Å². The van der Waals surface area contributed by atoms with Gasteiger partial charge < -0.3 is 0 Å². The van der Waals surface area contributed by atoms with Crippen molar-refractivity contribution in [3.8, 4) is 22.3 Å². The van der Waals surface area contributed by atoms with Gasteiger partial charge in [-0.05, 0) is 72.2 Å². The molecule has 3 aromatic rings. The van der Waals surface area contributed by atoms with Gasteiger partial charge in [-0.15, -0.1) is 0 Å². The third kappa shape index (κ3) is 6.54. The van der Waals surface area contributed by atoms with E-state index in [4.69, 9.17) is 0 Å². The van der Waals surface area contributed by atoms with Crippen LogP contribution in [0.15, 0.2) is 54.9 Å². The number of rotatable bonds is 15. The maximum atomic E-state index is 4.51. The van der Waals surface area contributed by atoms with Crippen LogP contribution in [-0.2, 0) is 5.41 Å². The van der Waals surface area contributed by atoms with Crippen molar-refractivity contribution in [2.75, 3.05) is 0 Å². The summed E-state index contributed by atoms with van der Waals surface area (Å²) in [6.07, 6.45) is 22.8. The monoisotopic (exact) mass is 495 g/mol. The van der Waals surface area contributed by atoms with Crippen molar-refractivity contribution in [1.29, 1.82) is 0 Å². The Morgan fingerprint density at radius 3 is 1.73 bits per heavy atom. The normalized spacial score (nSPS) is 13.5. The average Bonchev–Trinajstić information content (AvgIpc) is 3.16. The summed E-state index contributed by atoms with van der Waals surface area (Å²) in [6.45, 7) is 9.04. The Bertz CT molecular complexity index is 1130. The Kier molecular flexibility index (Phi) is 10.0. The first-order valence-electron chi connectivity index (χ1n) is 15.3. The van der Waals surface area contributed by atoms with Crippen LogP contribution in [0.3, 0.4) is 0 Å². The van der Waals surface area contributed by atoms with Crippen molar-refractivity contribution >= 4 is 0 Å². The molecule has 1 nitrogen and oxygen atoms in total. The molecule has 0 spiro atoms. The molecule has 0 unspecified atom stereocenters. The van der Waals surface area contributed by atoms with E-state index in [1.165, 1.54) is 123 Å². The molecule has 1 heterocycles. The topological polar surface area (TPSA) is 12.9 Å². The minimum Gasteiger partial charge on any atom is -0.264 e. The molecule has 0 radical (unpaired) electrons. The fraction of sp³-hybridized carbons (Fsp3) is 0.528. The largest absolute Gasteiger partial charge is 0.264 e. The number of nitrogens with zero attached hydrogens (tertiary/aromatic N) is 1. The van der Waals surface area contributed by atoms with Gasteiger partial charge in [0, 0.05) is 23.4 Å². The molecule has 0 aliphatic heterocycles. The predicted molar refractivity (Wildman–Crippen MR) is 161 cm³/mol. The molecule has 1 aliphatic rings. The lowest BCUT2D eigenvalue weighted by Crippen LogP contribution is -2.25. The molecule has 1 aromatic heterocycles. The second kappa shape index (κ2) is 13.4. The molecule has 4 rings (SSSR count). The molecule has 2 aromatic carbocycles. The summed E-state index contributed by atoms with van der Waals surface area (Å²) in [5.74, 6) is 0. The van der Waals surface area contributed by atoms with Gasteiger partial charge in [0.2, 0.25) is 0 Å². The van der Waals surface area contributed by atoms with Gasteiger partial charge in [-0.2, -0.15) is 0 Å². The zero-order chi connectivity index (χ0) is 26.1. The first kappa shape index (κ1) is 27.6. The van der Waals surface area contributed by atoms with Crippen molar-refractivity contribution < 1.29 is 0 Å². The van der Waals surface area contributed by atoms with Crippen LogP contribution in [0.4, 0.5) is 0 Å². The Morgan fingerprint density at radius 2 is 1.11 bits per heavy atom. The number of pyridine rings is 1. The van der Waals surface area contributed by atoms with E-state index in [2.05, 4.69) is 75.1 Å². The Hall–Kier alpha value is -2.41. The zero-order valence-corrected chi connectivity index (χ0v) is 24.0. The van der Waals surface area contributed by atoms with E-state index in [1.54, 1.807) is 11.1 Å². The van der Waals surface area contributed by atoms with Crippen molar-refractivity contribution in [3.05, 3.63) is 77.1 Å². The Morgan fingerprint density at radius 1 is 0.541 bits per heavy atom. The molecular formula is C36H49N. The highest BCUT2D eigenvalue weighted by Crippen LogP contribution is 2.55. The zero-order valence-electron chi connectivity index (χ0n) is 24.0. The van der Waals surface area contributed by atoms with Crippen LogP contribution in [-0.4, -0.2) is 4.98 Å². The van der Waals surface area contributed by atoms with Crippen molar-refractivity contribution in [2.24, 2.45) is 0 Å². The number of unbranched alkanes of at least 4 members (excludes halogenated alkanes) is 10. The highest BCUT2D eigenvalue weighted by molar-refractivity contribution is 5.84. The van der Waals surface area contributed by atoms with Crippen LogP contribution in [0, 0.1) is 13.8 Å². The molecule has 1 aliphatic carbocycles. The van der Waals surface area contributed by atoms with E-state index in [0.717, 1.165) is 0 Å². The third-order valence-corrected chi connectivity index (χ3v) is 8.64. The Labute approximate surface area is 227 Å². The predicted octanol–water partition coefficient (Wildman–Crippen LogP) is 11.1. The summed E-state index contributed by atoms with van der Waals surface area (Å²) in [5, 5.41) is 0.